The minimum atomic E-state index is -4.52. The Bertz CT molecular complexity index is 1850. The molecule has 0 radical (unpaired) electrons. The zero-order valence-electron chi connectivity index (χ0n) is 29.8. The Labute approximate surface area is 305 Å². The molecule has 1 aliphatic rings. The van der Waals surface area contributed by atoms with E-state index in [1.807, 2.05) is 63.1 Å². The van der Waals surface area contributed by atoms with Crippen LogP contribution in [0.3, 0.4) is 0 Å². The molecular weight excluding hydrogens is 705 g/mol. The van der Waals surface area contributed by atoms with Crippen molar-refractivity contribution < 1.29 is 32.1 Å². The van der Waals surface area contributed by atoms with Crippen LogP contribution in [0.15, 0.2) is 52.4 Å². The summed E-state index contributed by atoms with van der Waals surface area (Å²) in [4.78, 5) is 12.8. The van der Waals surface area contributed by atoms with E-state index in [4.69, 9.17) is 30.5 Å². The summed E-state index contributed by atoms with van der Waals surface area (Å²) in [6, 6.07) is 10.2. The predicted octanol–water partition coefficient (Wildman–Crippen LogP) is 10.2. The number of methoxy groups -OCH3 is 2. The van der Waals surface area contributed by atoms with E-state index in [9.17, 15) is 13.2 Å². The molecule has 1 aliphatic carbocycles. The normalized spacial score (nSPS) is 12.9. The van der Waals surface area contributed by atoms with Gasteiger partial charge >= 0.3 is 6.18 Å². The minimum Gasteiger partial charge on any atom is -0.493 e. The van der Waals surface area contributed by atoms with E-state index in [-0.39, 0.29) is 16.5 Å². The first kappa shape index (κ1) is 39.2. The van der Waals surface area contributed by atoms with Gasteiger partial charge in [-0.1, -0.05) is 28.0 Å². The molecule has 0 N–H and O–H groups in total. The molecule has 0 spiro atoms. The van der Waals surface area contributed by atoms with Crippen molar-refractivity contribution in [2.75, 3.05) is 41.4 Å². The fraction of sp³-hybridized carbons (Fsp3) is 0.389. The summed E-state index contributed by atoms with van der Waals surface area (Å²) >= 11 is 7.31. The molecule has 1 heterocycles. The third-order valence-electron chi connectivity index (χ3n) is 7.72. The number of halogens is 4. The number of alkyl halides is 3. The molecule has 51 heavy (non-hydrogen) atoms. The minimum absolute atomic E-state index is 0.0329. The molecule has 5 rings (SSSR count). The van der Waals surface area contributed by atoms with Crippen molar-refractivity contribution in [3.8, 4) is 33.9 Å². The molecule has 0 unspecified atom stereocenters. The van der Waals surface area contributed by atoms with Gasteiger partial charge < -0.3 is 28.7 Å². The van der Waals surface area contributed by atoms with Gasteiger partial charge in [-0.15, -0.1) is 5.10 Å². The largest absolute Gasteiger partial charge is 0.493 e. The zero-order chi connectivity index (χ0) is 37.3. The maximum absolute atomic E-state index is 13.0. The van der Waals surface area contributed by atoms with Crippen LogP contribution in [0.5, 0.6) is 33.9 Å². The lowest BCUT2D eigenvalue weighted by atomic mass is 10.1. The Morgan fingerprint density at radius 2 is 1.33 bits per heavy atom. The van der Waals surface area contributed by atoms with Gasteiger partial charge in [0.2, 0.25) is 0 Å². The van der Waals surface area contributed by atoms with Crippen molar-refractivity contribution in [2.24, 2.45) is 9.98 Å². The molecule has 1 fully saturated rings. The second-order valence-corrected chi connectivity index (χ2v) is 13.2. The Balaban J connectivity index is 0.000000230. The molecule has 10 nitrogen and oxygen atoms in total. The average Bonchev–Trinajstić information content (AvgIpc) is 3.84. The van der Waals surface area contributed by atoms with Gasteiger partial charge in [-0.2, -0.15) is 13.2 Å². The number of hydrogen-bond donors (Lipinski definition) is 0. The van der Waals surface area contributed by atoms with Crippen LogP contribution in [0.1, 0.15) is 54.3 Å². The van der Waals surface area contributed by atoms with E-state index < -0.39 is 11.7 Å². The van der Waals surface area contributed by atoms with Crippen LogP contribution >= 0.6 is 22.9 Å². The van der Waals surface area contributed by atoms with Crippen LogP contribution < -0.4 is 18.9 Å². The second kappa shape index (κ2) is 17.6. The number of aryl methyl sites for hydroxylation is 2. The lowest BCUT2D eigenvalue weighted by molar-refractivity contribution is -0.137. The molecule has 0 atom stereocenters. The summed E-state index contributed by atoms with van der Waals surface area (Å²) in [6.07, 6.45) is 1.39. The standard InChI is InChI=1S/C19H20ClF3N2O2.C17H22N4O2S/c1-5-25(3)11-24-16-10-17(26-4)18(6-12(16)2)27-15-8-13(19(21,22)23)7-14(20)9-15;1-5-21(3)10-18-13-9-14(22-4)15(8-11(13)2)23-17-20-19-16(24-17)12-6-7-12/h6-11H,5H2,1-4H3;8-10,12H,5-7H2,1-4H3. The van der Waals surface area contributed by atoms with E-state index in [0.29, 0.717) is 34.0 Å². The summed E-state index contributed by atoms with van der Waals surface area (Å²) in [5.41, 5.74) is 2.43. The summed E-state index contributed by atoms with van der Waals surface area (Å²) in [6.45, 7) is 9.61. The fourth-order valence-electron chi connectivity index (χ4n) is 4.31. The molecular formula is C36H42ClF3N6O4S. The predicted molar refractivity (Wildman–Crippen MR) is 197 cm³/mol. The van der Waals surface area contributed by atoms with E-state index in [0.717, 1.165) is 47.0 Å². The van der Waals surface area contributed by atoms with Gasteiger partial charge in [0.25, 0.3) is 5.19 Å². The van der Waals surface area contributed by atoms with Crippen LogP contribution in [-0.4, -0.2) is 74.1 Å². The van der Waals surface area contributed by atoms with E-state index in [1.165, 1.54) is 37.4 Å². The summed E-state index contributed by atoms with van der Waals surface area (Å²) < 4.78 is 61.2. The van der Waals surface area contributed by atoms with Gasteiger partial charge in [0, 0.05) is 50.3 Å². The highest BCUT2D eigenvalue weighted by Crippen LogP contribution is 2.44. The summed E-state index contributed by atoms with van der Waals surface area (Å²) in [5, 5.41) is 9.87. The van der Waals surface area contributed by atoms with Crippen molar-refractivity contribution in [3.63, 3.8) is 0 Å². The van der Waals surface area contributed by atoms with Crippen LogP contribution in [0.2, 0.25) is 5.02 Å². The summed E-state index contributed by atoms with van der Waals surface area (Å²) in [7, 11) is 6.95. The lowest BCUT2D eigenvalue weighted by Crippen LogP contribution is -2.14. The van der Waals surface area contributed by atoms with Crippen molar-refractivity contribution in [2.45, 2.75) is 52.6 Å². The van der Waals surface area contributed by atoms with Gasteiger partial charge in [0.05, 0.1) is 43.8 Å². The lowest BCUT2D eigenvalue weighted by Gasteiger charge is -2.15. The van der Waals surface area contributed by atoms with E-state index in [2.05, 4.69) is 27.1 Å². The van der Waals surface area contributed by atoms with Gasteiger partial charge in [0.15, 0.2) is 23.0 Å². The highest BCUT2D eigenvalue weighted by atomic mass is 35.5. The van der Waals surface area contributed by atoms with Gasteiger partial charge in [-0.25, -0.2) is 9.98 Å². The first-order valence-electron chi connectivity index (χ1n) is 16.2. The van der Waals surface area contributed by atoms with E-state index >= 15 is 0 Å². The van der Waals surface area contributed by atoms with Crippen LogP contribution in [0.25, 0.3) is 0 Å². The molecule has 15 heteroatoms. The fourth-order valence-corrected chi connectivity index (χ4v) is 5.41. The summed E-state index contributed by atoms with van der Waals surface area (Å²) in [5.74, 6) is 2.44. The third kappa shape index (κ3) is 11.2. The Kier molecular flexibility index (Phi) is 13.5. The molecule has 4 aromatic rings. The number of hydrogen-bond acceptors (Lipinski definition) is 9. The molecule has 274 valence electrons. The highest BCUT2D eigenvalue weighted by molar-refractivity contribution is 7.13. The number of aromatic nitrogens is 2. The van der Waals surface area contributed by atoms with Crippen molar-refractivity contribution >= 4 is 47.0 Å². The van der Waals surface area contributed by atoms with Crippen LogP contribution in [-0.2, 0) is 6.18 Å². The maximum Gasteiger partial charge on any atom is 0.416 e. The van der Waals surface area contributed by atoms with Crippen LogP contribution in [0.4, 0.5) is 24.5 Å². The highest BCUT2D eigenvalue weighted by Gasteiger charge is 2.31. The first-order chi connectivity index (χ1) is 24.2. The quantitative estimate of drug-likeness (QED) is 0.0986. The van der Waals surface area contributed by atoms with E-state index in [1.54, 1.807) is 25.6 Å². The smallest absolute Gasteiger partial charge is 0.416 e. The Morgan fingerprint density at radius 3 is 1.80 bits per heavy atom. The molecule has 3 aromatic carbocycles. The van der Waals surface area contributed by atoms with Crippen LogP contribution in [0, 0.1) is 13.8 Å². The number of rotatable bonds is 13. The van der Waals surface area contributed by atoms with Gasteiger partial charge in [-0.05, 0) is 82.0 Å². The second-order valence-electron chi connectivity index (χ2n) is 11.8. The molecule has 0 bridgehead atoms. The third-order valence-corrected chi connectivity index (χ3v) is 8.90. The topological polar surface area (TPSA) is 93.9 Å². The number of aliphatic imine (C=N–C) groups is 2. The Hall–Kier alpha value is -4.56. The molecule has 0 aliphatic heterocycles. The van der Waals surface area contributed by atoms with Crippen molar-refractivity contribution in [1.82, 2.24) is 20.0 Å². The molecule has 1 saturated carbocycles. The number of benzene rings is 3. The number of ether oxygens (including phenoxy) is 4. The van der Waals surface area contributed by atoms with Gasteiger partial charge in [-0.3, -0.25) is 0 Å². The monoisotopic (exact) mass is 746 g/mol. The van der Waals surface area contributed by atoms with Gasteiger partial charge in [0.1, 0.15) is 10.8 Å². The first-order valence-corrected chi connectivity index (χ1v) is 17.4. The Morgan fingerprint density at radius 1 is 0.804 bits per heavy atom. The molecule has 1 aromatic heterocycles. The molecule has 0 saturated heterocycles. The maximum atomic E-state index is 13.0. The zero-order valence-corrected chi connectivity index (χ0v) is 31.4. The number of nitrogens with zero attached hydrogens (tertiary/aromatic N) is 6. The van der Waals surface area contributed by atoms with Crippen molar-refractivity contribution in [1.29, 1.82) is 0 Å². The molecule has 0 amide bonds. The SMILES string of the molecule is CCN(C)C=Nc1cc(OC)c(Oc2cc(Cl)cc(C(F)(F)F)c2)cc1C.CCN(C)C=Nc1cc(OC)c(Oc2nnc(C3CC3)s2)cc1C. The van der Waals surface area contributed by atoms with Crippen molar-refractivity contribution in [3.05, 3.63) is 69.2 Å². The average molecular weight is 747 g/mol.